The summed E-state index contributed by atoms with van der Waals surface area (Å²) in [5, 5.41) is 7.73. The summed E-state index contributed by atoms with van der Waals surface area (Å²) in [4.78, 5) is 15.5. The topological polar surface area (TPSA) is 62.7 Å². The second-order valence-electron chi connectivity index (χ2n) is 5.21. The highest BCUT2D eigenvalue weighted by Gasteiger charge is 2.16. The van der Waals surface area contributed by atoms with E-state index in [-0.39, 0.29) is 11.7 Å². The number of H-pyrrole nitrogens is 1. The maximum atomic E-state index is 13.3. The van der Waals surface area contributed by atoms with Crippen LogP contribution in [0, 0.1) is 12.7 Å². The Bertz CT molecular complexity index is 834. The van der Waals surface area contributed by atoms with Gasteiger partial charge in [0.05, 0.1) is 6.20 Å². The molecule has 0 spiro atoms. The van der Waals surface area contributed by atoms with Crippen LogP contribution in [0.2, 0.25) is 0 Å². The van der Waals surface area contributed by atoms with Crippen LogP contribution < -0.4 is 5.32 Å². The van der Waals surface area contributed by atoms with E-state index in [2.05, 4.69) is 15.4 Å². The zero-order valence-electron chi connectivity index (χ0n) is 12.5. The van der Waals surface area contributed by atoms with Crippen molar-refractivity contribution in [2.75, 3.05) is 5.32 Å². The smallest absolute Gasteiger partial charge is 0.273 e. The fourth-order valence-corrected chi connectivity index (χ4v) is 2.53. The van der Waals surface area contributed by atoms with E-state index in [0.717, 1.165) is 24.0 Å². The van der Waals surface area contributed by atoms with E-state index in [0.29, 0.717) is 16.9 Å². The number of nitrogens with one attached hydrogen (secondary N) is 2. The number of carbonyl (C=O) groups is 1. The van der Waals surface area contributed by atoms with Crippen molar-refractivity contribution < 1.29 is 9.18 Å². The number of fused-ring (bicyclic) bond motifs is 1. The molecule has 0 fully saturated rings. The number of hydrogen-bond acceptors (Lipinski definition) is 2. The third-order valence-electron chi connectivity index (χ3n) is 3.64. The van der Waals surface area contributed by atoms with Crippen LogP contribution in [0.3, 0.4) is 0 Å². The molecule has 0 radical (unpaired) electrons. The van der Waals surface area contributed by atoms with E-state index in [4.69, 9.17) is 0 Å². The minimum Gasteiger partial charge on any atom is -0.350 e. The largest absolute Gasteiger partial charge is 0.350 e. The lowest BCUT2D eigenvalue weighted by molar-refractivity contribution is 0.102. The third kappa shape index (κ3) is 2.47. The molecule has 0 saturated carbocycles. The number of halogens is 1. The maximum Gasteiger partial charge on any atom is 0.273 e. The van der Waals surface area contributed by atoms with Crippen molar-refractivity contribution in [3.05, 3.63) is 47.5 Å². The van der Waals surface area contributed by atoms with Crippen molar-refractivity contribution in [3.8, 4) is 0 Å². The first-order chi connectivity index (χ1) is 10.6. The summed E-state index contributed by atoms with van der Waals surface area (Å²) in [6, 6.07) is 6.19. The van der Waals surface area contributed by atoms with Crippen molar-refractivity contribution in [1.82, 2.24) is 14.8 Å². The summed E-state index contributed by atoms with van der Waals surface area (Å²) < 4.78 is 15.1. The molecule has 0 aliphatic heterocycles. The highest BCUT2D eigenvalue weighted by molar-refractivity contribution is 6.07. The average molecular weight is 300 g/mol. The zero-order valence-corrected chi connectivity index (χ0v) is 12.5. The fraction of sp³-hybridized carbons (Fsp3) is 0.250. The lowest BCUT2D eigenvalue weighted by atomic mass is 10.1. The van der Waals surface area contributed by atoms with Crippen LogP contribution in [-0.2, 0) is 6.54 Å². The summed E-state index contributed by atoms with van der Waals surface area (Å²) in [5.74, 6) is 0.0747. The number of anilines is 1. The molecular weight excluding hydrogens is 283 g/mol. The van der Waals surface area contributed by atoms with E-state index in [9.17, 15) is 9.18 Å². The van der Waals surface area contributed by atoms with Crippen LogP contribution in [0.5, 0.6) is 0 Å². The molecule has 0 atom stereocenters. The van der Waals surface area contributed by atoms with Crippen molar-refractivity contribution >= 4 is 22.6 Å². The Hall–Kier alpha value is -2.63. The molecule has 0 aliphatic rings. The Labute approximate surface area is 127 Å². The summed E-state index contributed by atoms with van der Waals surface area (Å²) in [6.07, 6.45) is 2.58. The van der Waals surface area contributed by atoms with Gasteiger partial charge in [-0.2, -0.15) is 5.10 Å². The van der Waals surface area contributed by atoms with Crippen molar-refractivity contribution in [1.29, 1.82) is 0 Å². The molecule has 6 heteroatoms. The minimum absolute atomic E-state index is 0.257. The molecule has 114 valence electrons. The molecule has 0 bridgehead atoms. The molecule has 1 amide bonds. The standard InChI is InChI=1S/C16H17FN4O/c1-3-8-21-14(6-7-18-21)20-16(22)15-10(2)12-9-11(17)4-5-13(12)19-15/h4-7,9,19H,3,8H2,1-2H3,(H,20,22). The predicted molar refractivity (Wildman–Crippen MR) is 83.5 cm³/mol. The molecule has 0 aliphatic carbocycles. The van der Waals surface area contributed by atoms with Crippen LogP contribution in [0.1, 0.15) is 29.4 Å². The Balaban J connectivity index is 1.92. The summed E-state index contributed by atoms with van der Waals surface area (Å²) >= 11 is 0. The molecule has 2 aromatic heterocycles. The second kappa shape index (κ2) is 5.63. The lowest BCUT2D eigenvalue weighted by Gasteiger charge is -2.07. The van der Waals surface area contributed by atoms with Gasteiger partial charge in [-0.3, -0.25) is 4.79 Å². The minimum atomic E-state index is -0.317. The summed E-state index contributed by atoms with van der Waals surface area (Å²) in [7, 11) is 0. The van der Waals surface area contributed by atoms with E-state index >= 15 is 0 Å². The van der Waals surface area contributed by atoms with Gasteiger partial charge in [0, 0.05) is 23.5 Å². The van der Waals surface area contributed by atoms with Gasteiger partial charge in [0.2, 0.25) is 0 Å². The average Bonchev–Trinajstić information content (AvgIpc) is 3.05. The summed E-state index contributed by atoms with van der Waals surface area (Å²) in [5.41, 5.74) is 1.91. The number of hydrogen-bond donors (Lipinski definition) is 2. The van der Waals surface area contributed by atoms with Gasteiger partial charge in [-0.25, -0.2) is 9.07 Å². The summed E-state index contributed by atoms with van der Waals surface area (Å²) in [6.45, 7) is 4.58. The SMILES string of the molecule is CCCn1nccc1NC(=O)c1[nH]c2ccc(F)cc2c1C. The first-order valence-electron chi connectivity index (χ1n) is 7.21. The van der Waals surface area contributed by atoms with Crippen LogP contribution in [0.25, 0.3) is 10.9 Å². The number of aryl methyl sites for hydroxylation is 2. The molecule has 5 nitrogen and oxygen atoms in total. The fourth-order valence-electron chi connectivity index (χ4n) is 2.53. The van der Waals surface area contributed by atoms with Gasteiger partial charge in [0.25, 0.3) is 5.91 Å². The molecule has 1 aromatic carbocycles. The van der Waals surface area contributed by atoms with Crippen LogP contribution in [-0.4, -0.2) is 20.7 Å². The van der Waals surface area contributed by atoms with Crippen molar-refractivity contribution in [2.45, 2.75) is 26.8 Å². The third-order valence-corrected chi connectivity index (χ3v) is 3.64. The van der Waals surface area contributed by atoms with Crippen LogP contribution in [0.4, 0.5) is 10.2 Å². The van der Waals surface area contributed by atoms with Gasteiger partial charge in [-0.05, 0) is 37.1 Å². The number of nitrogens with zero attached hydrogens (tertiary/aromatic N) is 2. The highest BCUT2D eigenvalue weighted by atomic mass is 19.1. The van der Waals surface area contributed by atoms with Crippen LogP contribution in [0.15, 0.2) is 30.5 Å². The first kappa shape index (κ1) is 14.3. The Morgan fingerprint density at radius 1 is 1.41 bits per heavy atom. The predicted octanol–water partition coefficient (Wildman–Crippen LogP) is 3.47. The number of rotatable bonds is 4. The van der Waals surface area contributed by atoms with E-state index in [1.165, 1.54) is 12.1 Å². The Morgan fingerprint density at radius 2 is 2.23 bits per heavy atom. The zero-order chi connectivity index (χ0) is 15.7. The number of aromatic nitrogens is 3. The van der Waals surface area contributed by atoms with Crippen molar-refractivity contribution in [2.24, 2.45) is 0 Å². The van der Waals surface area contributed by atoms with Crippen molar-refractivity contribution in [3.63, 3.8) is 0 Å². The van der Waals surface area contributed by atoms with Gasteiger partial charge in [0.15, 0.2) is 0 Å². The highest BCUT2D eigenvalue weighted by Crippen LogP contribution is 2.23. The van der Waals surface area contributed by atoms with E-state index in [1.807, 2.05) is 6.92 Å². The molecular formula is C16H17FN4O. The van der Waals surface area contributed by atoms with Gasteiger partial charge in [0.1, 0.15) is 17.3 Å². The van der Waals surface area contributed by atoms with E-state index < -0.39 is 0 Å². The molecule has 3 rings (SSSR count). The molecule has 22 heavy (non-hydrogen) atoms. The maximum absolute atomic E-state index is 13.3. The molecule has 0 saturated heterocycles. The molecule has 3 aromatic rings. The quantitative estimate of drug-likeness (QED) is 0.775. The molecule has 0 unspecified atom stereocenters. The monoisotopic (exact) mass is 300 g/mol. The van der Waals surface area contributed by atoms with Gasteiger partial charge >= 0.3 is 0 Å². The van der Waals surface area contributed by atoms with Gasteiger partial charge in [-0.1, -0.05) is 6.92 Å². The van der Waals surface area contributed by atoms with Crippen LogP contribution >= 0.6 is 0 Å². The number of aromatic amines is 1. The number of carbonyl (C=O) groups excluding carboxylic acids is 1. The van der Waals surface area contributed by atoms with E-state index in [1.54, 1.807) is 29.9 Å². The number of amides is 1. The van der Waals surface area contributed by atoms with Gasteiger partial charge < -0.3 is 10.3 Å². The second-order valence-corrected chi connectivity index (χ2v) is 5.21. The number of benzene rings is 1. The van der Waals surface area contributed by atoms with Gasteiger partial charge in [-0.15, -0.1) is 0 Å². The normalized spacial score (nSPS) is 11.0. The first-order valence-corrected chi connectivity index (χ1v) is 7.21. The molecule has 2 heterocycles. The lowest BCUT2D eigenvalue weighted by Crippen LogP contribution is -2.17. The Kier molecular flexibility index (Phi) is 3.66. The molecule has 2 N–H and O–H groups in total. The Morgan fingerprint density at radius 3 is 3.00 bits per heavy atom.